The summed E-state index contributed by atoms with van der Waals surface area (Å²) in [6.07, 6.45) is 6.59. The zero-order chi connectivity index (χ0) is 13.6. The highest BCUT2D eigenvalue weighted by Gasteiger charge is 2.46. The van der Waals surface area contributed by atoms with Crippen LogP contribution in [-0.4, -0.2) is 36.2 Å². The first-order valence-corrected chi connectivity index (χ1v) is 7.63. The molecule has 3 nitrogen and oxygen atoms in total. The number of fused-ring (bicyclic) bond motifs is 1. The SMILES string of the molecule is COc1ccc2c(ccn2CCN2CC3(CCC3)C2)c1. The van der Waals surface area contributed by atoms with Crippen LogP contribution in [0.3, 0.4) is 0 Å². The van der Waals surface area contributed by atoms with Gasteiger partial charge in [-0.2, -0.15) is 0 Å². The van der Waals surface area contributed by atoms with Gasteiger partial charge in [0.05, 0.1) is 7.11 Å². The molecule has 0 radical (unpaired) electrons. The molecule has 1 aromatic heterocycles. The van der Waals surface area contributed by atoms with Crippen LogP contribution in [0.4, 0.5) is 0 Å². The molecule has 1 spiro atoms. The lowest BCUT2D eigenvalue weighted by Gasteiger charge is -2.56. The molecule has 3 heteroatoms. The van der Waals surface area contributed by atoms with Crippen molar-refractivity contribution in [2.75, 3.05) is 26.7 Å². The Balaban J connectivity index is 1.41. The molecule has 4 rings (SSSR count). The van der Waals surface area contributed by atoms with E-state index in [-0.39, 0.29) is 0 Å². The van der Waals surface area contributed by atoms with E-state index in [1.165, 1.54) is 49.8 Å². The summed E-state index contributed by atoms with van der Waals surface area (Å²) in [4.78, 5) is 2.61. The molecule has 0 amide bonds. The number of ether oxygens (including phenoxy) is 1. The van der Waals surface area contributed by atoms with Crippen molar-refractivity contribution in [2.45, 2.75) is 25.8 Å². The summed E-state index contributed by atoms with van der Waals surface area (Å²) in [5.74, 6) is 0.935. The van der Waals surface area contributed by atoms with Gasteiger partial charge in [-0.15, -0.1) is 0 Å². The van der Waals surface area contributed by atoms with Crippen molar-refractivity contribution in [3.63, 3.8) is 0 Å². The van der Waals surface area contributed by atoms with Crippen molar-refractivity contribution in [3.05, 3.63) is 30.5 Å². The van der Waals surface area contributed by atoms with Gasteiger partial charge in [0.1, 0.15) is 5.75 Å². The Hall–Kier alpha value is -1.48. The normalized spacial score (nSPS) is 20.9. The van der Waals surface area contributed by atoms with Gasteiger partial charge in [0.15, 0.2) is 0 Å². The average molecular weight is 270 g/mol. The lowest BCUT2D eigenvalue weighted by Crippen LogP contribution is -2.59. The number of hydrogen-bond donors (Lipinski definition) is 0. The topological polar surface area (TPSA) is 17.4 Å². The molecule has 2 aromatic rings. The van der Waals surface area contributed by atoms with Crippen molar-refractivity contribution in [1.29, 1.82) is 0 Å². The van der Waals surface area contributed by atoms with E-state index in [0.717, 1.165) is 17.7 Å². The van der Waals surface area contributed by atoms with Crippen molar-refractivity contribution < 1.29 is 4.74 Å². The summed E-state index contributed by atoms with van der Waals surface area (Å²) >= 11 is 0. The second kappa shape index (κ2) is 4.52. The maximum atomic E-state index is 5.28. The van der Waals surface area contributed by atoms with Gasteiger partial charge < -0.3 is 14.2 Å². The van der Waals surface area contributed by atoms with E-state index in [9.17, 15) is 0 Å². The molecule has 2 aliphatic rings. The van der Waals surface area contributed by atoms with Gasteiger partial charge >= 0.3 is 0 Å². The summed E-state index contributed by atoms with van der Waals surface area (Å²) in [7, 11) is 1.72. The lowest BCUT2D eigenvalue weighted by atomic mass is 9.63. The molecule has 1 saturated carbocycles. The Morgan fingerprint density at radius 1 is 1.15 bits per heavy atom. The minimum Gasteiger partial charge on any atom is -0.497 e. The van der Waals surface area contributed by atoms with Crippen LogP contribution in [0.2, 0.25) is 0 Å². The largest absolute Gasteiger partial charge is 0.497 e. The van der Waals surface area contributed by atoms with Gasteiger partial charge in [-0.3, -0.25) is 0 Å². The fourth-order valence-corrected chi connectivity index (χ4v) is 3.80. The van der Waals surface area contributed by atoms with Gasteiger partial charge in [0.25, 0.3) is 0 Å². The van der Waals surface area contributed by atoms with Crippen molar-refractivity contribution >= 4 is 10.9 Å². The standard InChI is InChI=1S/C17H22N2O/c1-20-15-3-4-16-14(11-15)5-8-19(16)10-9-18-12-17(13-18)6-2-7-17/h3-5,8,11H,2,6-7,9-10,12-13H2,1H3. The number of aromatic nitrogens is 1. The molecule has 1 aliphatic carbocycles. The average Bonchev–Trinajstić information content (AvgIpc) is 2.77. The van der Waals surface area contributed by atoms with Crippen LogP contribution >= 0.6 is 0 Å². The zero-order valence-corrected chi connectivity index (χ0v) is 12.1. The molecule has 2 heterocycles. The van der Waals surface area contributed by atoms with E-state index < -0.39 is 0 Å². The van der Waals surface area contributed by atoms with E-state index in [1.54, 1.807) is 7.11 Å². The van der Waals surface area contributed by atoms with E-state index in [0.29, 0.717) is 0 Å². The highest BCUT2D eigenvalue weighted by atomic mass is 16.5. The quantitative estimate of drug-likeness (QED) is 0.849. The van der Waals surface area contributed by atoms with E-state index >= 15 is 0 Å². The third kappa shape index (κ3) is 1.92. The first-order valence-electron chi connectivity index (χ1n) is 7.63. The van der Waals surface area contributed by atoms with Gasteiger partial charge in [0.2, 0.25) is 0 Å². The van der Waals surface area contributed by atoms with Crippen LogP contribution in [0.5, 0.6) is 5.75 Å². The molecule has 1 saturated heterocycles. The van der Waals surface area contributed by atoms with Crippen LogP contribution in [0.1, 0.15) is 19.3 Å². The Labute approximate surface area is 120 Å². The maximum Gasteiger partial charge on any atom is 0.119 e. The third-order valence-corrected chi connectivity index (χ3v) is 5.17. The molecule has 20 heavy (non-hydrogen) atoms. The minimum atomic E-state index is 0.742. The summed E-state index contributed by atoms with van der Waals surface area (Å²) in [6, 6.07) is 8.50. The van der Waals surface area contributed by atoms with Gasteiger partial charge in [0, 0.05) is 43.3 Å². The first-order chi connectivity index (χ1) is 9.78. The Bertz CT molecular complexity index is 619. The summed E-state index contributed by atoms with van der Waals surface area (Å²) in [5.41, 5.74) is 2.05. The Kier molecular flexibility index (Phi) is 2.77. The van der Waals surface area contributed by atoms with Crippen LogP contribution in [-0.2, 0) is 6.54 Å². The maximum absolute atomic E-state index is 5.28. The van der Waals surface area contributed by atoms with Gasteiger partial charge in [-0.1, -0.05) is 6.42 Å². The fraction of sp³-hybridized carbons (Fsp3) is 0.529. The molecule has 106 valence electrons. The highest BCUT2D eigenvalue weighted by molar-refractivity contribution is 5.81. The second-order valence-electron chi connectivity index (χ2n) is 6.50. The van der Waals surface area contributed by atoms with E-state index in [1.807, 2.05) is 6.07 Å². The molecule has 0 atom stereocenters. The number of likely N-dealkylation sites (tertiary alicyclic amines) is 1. The van der Waals surface area contributed by atoms with E-state index in [4.69, 9.17) is 4.74 Å². The van der Waals surface area contributed by atoms with Crippen molar-refractivity contribution in [3.8, 4) is 5.75 Å². The number of nitrogens with zero attached hydrogens (tertiary/aromatic N) is 2. The monoisotopic (exact) mass is 270 g/mol. The first kappa shape index (κ1) is 12.3. The smallest absolute Gasteiger partial charge is 0.119 e. The van der Waals surface area contributed by atoms with Gasteiger partial charge in [-0.25, -0.2) is 0 Å². The molecular weight excluding hydrogens is 248 g/mol. The Morgan fingerprint density at radius 2 is 2.00 bits per heavy atom. The zero-order valence-electron chi connectivity index (χ0n) is 12.1. The molecular formula is C17H22N2O. The lowest BCUT2D eigenvalue weighted by molar-refractivity contribution is -0.0606. The fourth-order valence-electron chi connectivity index (χ4n) is 3.80. The molecule has 1 aliphatic heterocycles. The summed E-state index contributed by atoms with van der Waals surface area (Å²) in [6.45, 7) is 4.93. The predicted molar refractivity (Wildman–Crippen MR) is 81.2 cm³/mol. The molecule has 1 aromatic carbocycles. The number of methoxy groups -OCH3 is 1. The predicted octanol–water partition coefficient (Wildman–Crippen LogP) is 3.14. The Morgan fingerprint density at radius 3 is 2.70 bits per heavy atom. The van der Waals surface area contributed by atoms with Crippen LogP contribution in [0.15, 0.2) is 30.5 Å². The highest BCUT2D eigenvalue weighted by Crippen LogP contribution is 2.47. The summed E-state index contributed by atoms with van der Waals surface area (Å²) < 4.78 is 7.64. The van der Waals surface area contributed by atoms with Crippen molar-refractivity contribution in [2.24, 2.45) is 5.41 Å². The molecule has 0 bridgehead atoms. The van der Waals surface area contributed by atoms with Gasteiger partial charge in [-0.05, 0) is 42.5 Å². The summed E-state index contributed by atoms with van der Waals surface area (Å²) in [5, 5.41) is 1.27. The molecule has 0 N–H and O–H groups in total. The minimum absolute atomic E-state index is 0.742. The van der Waals surface area contributed by atoms with E-state index in [2.05, 4.69) is 33.9 Å². The molecule has 2 fully saturated rings. The van der Waals surface area contributed by atoms with Crippen molar-refractivity contribution in [1.82, 2.24) is 9.47 Å². The number of benzene rings is 1. The second-order valence-corrected chi connectivity index (χ2v) is 6.50. The van der Waals surface area contributed by atoms with Crippen LogP contribution in [0.25, 0.3) is 10.9 Å². The van der Waals surface area contributed by atoms with Crippen LogP contribution < -0.4 is 4.74 Å². The number of hydrogen-bond acceptors (Lipinski definition) is 2. The van der Waals surface area contributed by atoms with Crippen LogP contribution in [0, 0.1) is 5.41 Å². The third-order valence-electron chi connectivity index (χ3n) is 5.17. The molecule has 0 unspecified atom stereocenters. The number of rotatable bonds is 4.